The van der Waals surface area contributed by atoms with Gasteiger partial charge in [-0.3, -0.25) is 0 Å². The van der Waals surface area contributed by atoms with Crippen LogP contribution in [0.2, 0.25) is 0 Å². The van der Waals surface area contributed by atoms with Crippen molar-refractivity contribution >= 4 is 21.6 Å². The highest BCUT2D eigenvalue weighted by Crippen LogP contribution is 2.31. The Labute approximate surface area is 134 Å². The van der Waals surface area contributed by atoms with Crippen LogP contribution in [0.25, 0.3) is 0 Å². The van der Waals surface area contributed by atoms with E-state index in [1.807, 2.05) is 35.7 Å². The molecule has 0 fully saturated rings. The van der Waals surface area contributed by atoms with Gasteiger partial charge in [0.15, 0.2) is 9.84 Å². The van der Waals surface area contributed by atoms with Gasteiger partial charge in [0, 0.05) is 0 Å². The van der Waals surface area contributed by atoms with Gasteiger partial charge in [0.1, 0.15) is 11.2 Å². The fourth-order valence-corrected chi connectivity index (χ4v) is 4.57. The number of thioether (sulfide) groups is 1. The summed E-state index contributed by atoms with van der Waals surface area (Å²) in [5.41, 5.74) is 0.825. The summed E-state index contributed by atoms with van der Waals surface area (Å²) >= 11 is 0.960. The molecule has 0 saturated heterocycles. The summed E-state index contributed by atoms with van der Waals surface area (Å²) in [7, 11) is -1.96. The van der Waals surface area contributed by atoms with Crippen LogP contribution in [0.5, 0.6) is 5.75 Å². The molecule has 0 aliphatic carbocycles. The van der Waals surface area contributed by atoms with Crippen LogP contribution in [0.15, 0.2) is 59.5 Å². The van der Waals surface area contributed by atoms with Crippen molar-refractivity contribution in [3.63, 3.8) is 0 Å². The van der Waals surface area contributed by atoms with Gasteiger partial charge in [0.05, 0.1) is 23.0 Å². The van der Waals surface area contributed by atoms with Crippen molar-refractivity contribution in [2.45, 2.75) is 10.1 Å². The molecular weight excluding hydrogens is 318 g/mol. The maximum absolute atomic E-state index is 12.5. The van der Waals surface area contributed by atoms with Crippen molar-refractivity contribution in [2.24, 2.45) is 0 Å². The molecule has 0 saturated carbocycles. The first-order valence-corrected chi connectivity index (χ1v) is 9.06. The fourth-order valence-electron chi connectivity index (χ4n) is 2.01. The molecule has 114 valence electrons. The van der Waals surface area contributed by atoms with Gasteiger partial charge >= 0.3 is 0 Å². The molecule has 0 aromatic heterocycles. The van der Waals surface area contributed by atoms with Crippen molar-refractivity contribution < 1.29 is 13.2 Å². The third-order valence-electron chi connectivity index (χ3n) is 3.16. The van der Waals surface area contributed by atoms with E-state index in [4.69, 9.17) is 10.00 Å². The Morgan fingerprint density at radius 3 is 2.32 bits per heavy atom. The van der Waals surface area contributed by atoms with E-state index in [0.29, 0.717) is 5.75 Å². The number of methoxy groups -OCH3 is 1. The largest absolute Gasteiger partial charge is 0.497 e. The molecule has 2 aromatic carbocycles. The molecule has 0 spiro atoms. The van der Waals surface area contributed by atoms with Crippen LogP contribution < -0.4 is 4.74 Å². The number of thiocyanates is 1. The second-order valence-corrected chi connectivity index (χ2v) is 7.59. The van der Waals surface area contributed by atoms with E-state index >= 15 is 0 Å². The normalized spacial score (nSPS) is 12.4. The molecule has 2 aromatic rings. The molecule has 22 heavy (non-hydrogen) atoms. The minimum absolute atomic E-state index is 0.123. The van der Waals surface area contributed by atoms with Gasteiger partial charge in [-0.15, -0.1) is 0 Å². The molecule has 0 unspecified atom stereocenters. The highest BCUT2D eigenvalue weighted by atomic mass is 32.2. The number of hydrogen-bond acceptors (Lipinski definition) is 5. The first kappa shape index (κ1) is 16.4. The zero-order valence-corrected chi connectivity index (χ0v) is 13.6. The lowest BCUT2D eigenvalue weighted by atomic mass is 10.2. The summed E-state index contributed by atoms with van der Waals surface area (Å²) < 4.78 is 30.1. The van der Waals surface area contributed by atoms with Gasteiger partial charge in [-0.25, -0.2) is 8.42 Å². The molecule has 1 atom stereocenters. The Kier molecular flexibility index (Phi) is 5.47. The summed E-state index contributed by atoms with van der Waals surface area (Å²) in [5, 5.41) is 10.5. The number of ether oxygens (including phenoxy) is 1. The maximum Gasteiger partial charge on any atom is 0.179 e. The lowest BCUT2D eigenvalue weighted by molar-refractivity contribution is 0.414. The molecule has 4 nitrogen and oxygen atoms in total. The molecule has 0 bridgehead atoms. The Bertz CT molecular complexity index is 750. The smallest absolute Gasteiger partial charge is 0.179 e. The molecule has 0 radical (unpaired) electrons. The molecule has 6 heteroatoms. The lowest BCUT2D eigenvalue weighted by Gasteiger charge is -2.14. The van der Waals surface area contributed by atoms with Gasteiger partial charge in [-0.05, 0) is 41.6 Å². The second-order valence-electron chi connectivity index (χ2n) is 4.57. The highest BCUT2D eigenvalue weighted by molar-refractivity contribution is 8.04. The van der Waals surface area contributed by atoms with E-state index in [2.05, 4.69) is 0 Å². The summed E-state index contributed by atoms with van der Waals surface area (Å²) in [5.74, 6) is 0.478. The van der Waals surface area contributed by atoms with Crippen LogP contribution in [0.1, 0.15) is 10.8 Å². The summed E-state index contributed by atoms with van der Waals surface area (Å²) in [6, 6.07) is 15.5. The number of hydrogen-bond donors (Lipinski definition) is 0. The van der Waals surface area contributed by atoms with E-state index in [1.165, 1.54) is 19.2 Å². The molecule has 0 N–H and O–H groups in total. The van der Waals surface area contributed by atoms with Gasteiger partial charge < -0.3 is 4.74 Å². The van der Waals surface area contributed by atoms with Gasteiger partial charge in [-0.2, -0.15) is 5.26 Å². The number of rotatable bonds is 6. The zero-order valence-electron chi connectivity index (χ0n) is 12.0. The van der Waals surface area contributed by atoms with Crippen molar-refractivity contribution in [1.82, 2.24) is 0 Å². The Morgan fingerprint density at radius 1 is 1.14 bits per heavy atom. The summed E-state index contributed by atoms with van der Waals surface area (Å²) in [6.07, 6.45) is 0. The minimum atomic E-state index is -3.48. The van der Waals surface area contributed by atoms with Gasteiger partial charge in [-0.1, -0.05) is 30.3 Å². The molecular formula is C16H15NO3S2. The molecule has 0 aliphatic heterocycles. The SMILES string of the molecule is COc1ccc(S(=O)(=O)C[C@H](SC#N)c2ccccc2)cc1. The van der Waals surface area contributed by atoms with Gasteiger partial charge in [0.25, 0.3) is 0 Å². The minimum Gasteiger partial charge on any atom is -0.497 e. The van der Waals surface area contributed by atoms with E-state index in [-0.39, 0.29) is 10.6 Å². The van der Waals surface area contributed by atoms with Crippen LogP contribution in [-0.4, -0.2) is 21.3 Å². The predicted molar refractivity (Wildman–Crippen MR) is 87.4 cm³/mol. The van der Waals surface area contributed by atoms with E-state index in [0.717, 1.165) is 17.3 Å². The van der Waals surface area contributed by atoms with E-state index in [1.54, 1.807) is 12.1 Å². The lowest BCUT2D eigenvalue weighted by Crippen LogP contribution is -2.13. The van der Waals surface area contributed by atoms with Crippen molar-refractivity contribution in [1.29, 1.82) is 5.26 Å². The second kappa shape index (κ2) is 7.34. The Balaban J connectivity index is 2.26. The van der Waals surface area contributed by atoms with Crippen LogP contribution >= 0.6 is 11.8 Å². The number of nitriles is 1. The number of sulfone groups is 1. The highest BCUT2D eigenvalue weighted by Gasteiger charge is 2.23. The van der Waals surface area contributed by atoms with Crippen LogP contribution in [0.3, 0.4) is 0 Å². The molecule has 0 aliphatic rings. The van der Waals surface area contributed by atoms with Crippen LogP contribution in [0, 0.1) is 10.7 Å². The fraction of sp³-hybridized carbons (Fsp3) is 0.188. The molecule has 0 amide bonds. The Morgan fingerprint density at radius 2 is 1.77 bits per heavy atom. The number of benzene rings is 2. The first-order valence-electron chi connectivity index (χ1n) is 6.53. The predicted octanol–water partition coefficient (Wildman–Crippen LogP) is 3.42. The van der Waals surface area contributed by atoms with Crippen molar-refractivity contribution in [2.75, 3.05) is 12.9 Å². The Hall–Kier alpha value is -1.97. The third kappa shape index (κ3) is 4.03. The first-order chi connectivity index (χ1) is 10.6. The average molecular weight is 333 g/mol. The average Bonchev–Trinajstić information content (AvgIpc) is 2.55. The summed E-state index contributed by atoms with van der Waals surface area (Å²) in [4.78, 5) is 0.229. The van der Waals surface area contributed by atoms with Crippen molar-refractivity contribution in [3.05, 3.63) is 60.2 Å². The van der Waals surface area contributed by atoms with E-state index in [9.17, 15) is 8.42 Å². The zero-order chi connectivity index (χ0) is 16.0. The van der Waals surface area contributed by atoms with Crippen LogP contribution in [0.4, 0.5) is 0 Å². The monoisotopic (exact) mass is 333 g/mol. The standard InChI is InChI=1S/C16H15NO3S2/c1-20-14-7-9-15(10-8-14)22(18,19)11-16(21-12-17)13-5-3-2-4-6-13/h2-10,16H,11H2,1H3/t16-/m0/s1. The topological polar surface area (TPSA) is 67.2 Å². The maximum atomic E-state index is 12.5. The van der Waals surface area contributed by atoms with Crippen molar-refractivity contribution in [3.8, 4) is 11.2 Å². The van der Waals surface area contributed by atoms with Gasteiger partial charge in [0.2, 0.25) is 0 Å². The summed E-state index contributed by atoms with van der Waals surface area (Å²) in [6.45, 7) is 0. The quantitative estimate of drug-likeness (QED) is 0.758. The molecule has 0 heterocycles. The van der Waals surface area contributed by atoms with Crippen LogP contribution in [-0.2, 0) is 9.84 Å². The number of nitrogens with zero attached hydrogens (tertiary/aromatic N) is 1. The third-order valence-corrected chi connectivity index (χ3v) is 5.96. The molecule has 2 rings (SSSR count). The van der Waals surface area contributed by atoms with E-state index < -0.39 is 15.1 Å².